The zero-order valence-corrected chi connectivity index (χ0v) is 11.1. The van der Waals surface area contributed by atoms with E-state index in [-0.39, 0.29) is 0 Å². The predicted octanol–water partition coefficient (Wildman–Crippen LogP) is 4.53. The number of benzene rings is 1. The summed E-state index contributed by atoms with van der Waals surface area (Å²) in [6, 6.07) is 10.3. The molecule has 0 amide bonds. The van der Waals surface area contributed by atoms with E-state index in [9.17, 15) is 0 Å². The van der Waals surface area contributed by atoms with Gasteiger partial charge >= 0.3 is 0 Å². The van der Waals surface area contributed by atoms with E-state index in [0.717, 1.165) is 27.2 Å². The van der Waals surface area contributed by atoms with E-state index in [1.807, 2.05) is 24.6 Å². The highest BCUT2D eigenvalue weighted by Gasteiger charge is 2.10. The summed E-state index contributed by atoms with van der Waals surface area (Å²) >= 11 is 1.68. The Morgan fingerprint density at radius 2 is 2.06 bits per heavy atom. The second-order valence-electron chi connectivity index (χ2n) is 4.23. The summed E-state index contributed by atoms with van der Waals surface area (Å²) in [7, 11) is 0. The van der Waals surface area contributed by atoms with Gasteiger partial charge in [0.05, 0.1) is 0 Å². The van der Waals surface area contributed by atoms with Gasteiger partial charge in [0.25, 0.3) is 0 Å². The third-order valence-electron chi connectivity index (χ3n) is 2.94. The molecule has 0 fully saturated rings. The number of aromatic nitrogens is 1. The van der Waals surface area contributed by atoms with Gasteiger partial charge in [-0.2, -0.15) is 0 Å². The Labute approximate surface area is 110 Å². The maximum Gasteiger partial charge on any atom is 0.136 e. The molecule has 3 aromatic rings. The summed E-state index contributed by atoms with van der Waals surface area (Å²) in [6.07, 6.45) is 5.72. The summed E-state index contributed by atoms with van der Waals surface area (Å²) in [5, 5.41) is 1.15. The van der Waals surface area contributed by atoms with Crippen LogP contribution in [0.5, 0.6) is 0 Å². The number of aryl methyl sites for hydroxylation is 1. The molecule has 2 aromatic heterocycles. The molecule has 0 atom stereocenters. The number of fused-ring (bicyclic) bond motifs is 1. The van der Waals surface area contributed by atoms with Crippen LogP contribution in [0.25, 0.3) is 22.3 Å². The fourth-order valence-electron chi connectivity index (χ4n) is 2.04. The minimum Gasteiger partial charge on any atom is -0.456 e. The van der Waals surface area contributed by atoms with Gasteiger partial charge in [0.2, 0.25) is 0 Å². The average molecular weight is 255 g/mol. The van der Waals surface area contributed by atoms with Crippen molar-refractivity contribution in [3.63, 3.8) is 0 Å². The molecule has 3 heteroatoms. The van der Waals surface area contributed by atoms with E-state index >= 15 is 0 Å². The average Bonchev–Trinajstić information content (AvgIpc) is 2.81. The van der Waals surface area contributed by atoms with E-state index in [0.29, 0.717) is 0 Å². The lowest BCUT2D eigenvalue weighted by Crippen LogP contribution is -1.80. The normalized spacial score (nSPS) is 11.0. The number of rotatable bonds is 2. The van der Waals surface area contributed by atoms with Crippen LogP contribution in [0.2, 0.25) is 0 Å². The van der Waals surface area contributed by atoms with Crippen LogP contribution >= 0.6 is 11.8 Å². The van der Waals surface area contributed by atoms with Gasteiger partial charge < -0.3 is 4.42 Å². The first-order valence-electron chi connectivity index (χ1n) is 5.76. The summed E-state index contributed by atoms with van der Waals surface area (Å²) in [4.78, 5) is 5.28. The van der Waals surface area contributed by atoms with Crippen molar-refractivity contribution in [3.8, 4) is 11.3 Å². The highest BCUT2D eigenvalue weighted by atomic mass is 32.2. The Morgan fingerprint density at radius 1 is 1.17 bits per heavy atom. The van der Waals surface area contributed by atoms with Gasteiger partial charge in [0.1, 0.15) is 11.3 Å². The number of thioether (sulfide) groups is 1. The zero-order chi connectivity index (χ0) is 12.5. The van der Waals surface area contributed by atoms with Crippen molar-refractivity contribution in [2.45, 2.75) is 11.8 Å². The smallest absolute Gasteiger partial charge is 0.136 e. The molecule has 18 heavy (non-hydrogen) atoms. The first kappa shape index (κ1) is 11.4. The standard InChI is InChI=1S/C15H13NOS/c1-10-3-4-13-11(7-10)8-14(17-13)12-5-6-16-9-15(12)18-2/h3-9H,1-2H3. The number of nitrogens with zero attached hydrogens (tertiary/aromatic N) is 1. The van der Waals surface area contributed by atoms with E-state index in [4.69, 9.17) is 4.42 Å². The Bertz CT molecular complexity index is 703. The van der Waals surface area contributed by atoms with Gasteiger partial charge in [0, 0.05) is 28.2 Å². The van der Waals surface area contributed by atoms with Crippen molar-refractivity contribution in [3.05, 3.63) is 48.3 Å². The maximum absolute atomic E-state index is 5.91. The highest BCUT2D eigenvalue weighted by Crippen LogP contribution is 2.33. The quantitative estimate of drug-likeness (QED) is 0.629. The lowest BCUT2D eigenvalue weighted by Gasteiger charge is -2.02. The number of hydrogen-bond donors (Lipinski definition) is 0. The van der Waals surface area contributed by atoms with Crippen LogP contribution in [0.3, 0.4) is 0 Å². The third kappa shape index (κ3) is 1.91. The fourth-order valence-corrected chi connectivity index (χ4v) is 2.60. The molecular weight excluding hydrogens is 242 g/mol. The molecule has 0 radical (unpaired) electrons. The van der Waals surface area contributed by atoms with Crippen LogP contribution in [-0.2, 0) is 0 Å². The van der Waals surface area contributed by atoms with Crippen LogP contribution < -0.4 is 0 Å². The molecule has 2 heterocycles. The molecule has 3 rings (SSSR count). The molecular formula is C15H13NOS. The molecule has 0 spiro atoms. The zero-order valence-electron chi connectivity index (χ0n) is 10.3. The van der Waals surface area contributed by atoms with E-state index < -0.39 is 0 Å². The Morgan fingerprint density at radius 3 is 2.89 bits per heavy atom. The van der Waals surface area contributed by atoms with Crippen LogP contribution in [0.1, 0.15) is 5.56 Å². The van der Waals surface area contributed by atoms with Gasteiger partial charge in [0.15, 0.2) is 0 Å². The van der Waals surface area contributed by atoms with E-state index in [1.54, 1.807) is 18.0 Å². The largest absolute Gasteiger partial charge is 0.456 e. The van der Waals surface area contributed by atoms with E-state index in [2.05, 4.69) is 30.1 Å². The van der Waals surface area contributed by atoms with Gasteiger partial charge in [-0.3, -0.25) is 4.98 Å². The second-order valence-corrected chi connectivity index (χ2v) is 5.08. The van der Waals surface area contributed by atoms with Crippen molar-refractivity contribution >= 4 is 22.7 Å². The molecule has 0 unspecified atom stereocenters. The van der Waals surface area contributed by atoms with Crippen molar-refractivity contribution in [2.24, 2.45) is 0 Å². The number of pyridine rings is 1. The van der Waals surface area contributed by atoms with Crippen LogP contribution in [0, 0.1) is 6.92 Å². The Hall–Kier alpha value is -1.74. The minimum absolute atomic E-state index is 0.905. The van der Waals surface area contributed by atoms with Crippen LogP contribution in [-0.4, -0.2) is 11.2 Å². The summed E-state index contributed by atoms with van der Waals surface area (Å²) < 4.78 is 5.91. The summed E-state index contributed by atoms with van der Waals surface area (Å²) in [6.45, 7) is 2.09. The first-order valence-corrected chi connectivity index (χ1v) is 6.99. The lowest BCUT2D eigenvalue weighted by molar-refractivity contribution is 0.629. The second kappa shape index (κ2) is 4.50. The molecule has 90 valence electrons. The SMILES string of the molecule is CSc1cnccc1-c1cc2cc(C)ccc2o1. The van der Waals surface area contributed by atoms with Gasteiger partial charge in [-0.25, -0.2) is 0 Å². The molecule has 0 aliphatic heterocycles. The summed E-state index contributed by atoms with van der Waals surface area (Å²) in [5.41, 5.74) is 3.28. The highest BCUT2D eigenvalue weighted by molar-refractivity contribution is 7.98. The van der Waals surface area contributed by atoms with Crippen molar-refractivity contribution in [1.29, 1.82) is 0 Å². The Balaban J connectivity index is 2.19. The van der Waals surface area contributed by atoms with Gasteiger partial charge in [-0.05, 0) is 37.4 Å². The third-order valence-corrected chi connectivity index (χ3v) is 3.71. The molecule has 0 bridgehead atoms. The van der Waals surface area contributed by atoms with Crippen LogP contribution in [0.4, 0.5) is 0 Å². The molecule has 0 N–H and O–H groups in total. The van der Waals surface area contributed by atoms with Crippen LogP contribution in [0.15, 0.2) is 52.0 Å². The van der Waals surface area contributed by atoms with Gasteiger partial charge in [-0.15, -0.1) is 11.8 Å². The lowest BCUT2D eigenvalue weighted by atomic mass is 10.1. The number of furan rings is 1. The fraction of sp³-hybridized carbons (Fsp3) is 0.133. The van der Waals surface area contributed by atoms with E-state index in [1.165, 1.54) is 5.56 Å². The number of hydrogen-bond acceptors (Lipinski definition) is 3. The molecule has 0 saturated heterocycles. The van der Waals surface area contributed by atoms with Crippen molar-refractivity contribution in [2.75, 3.05) is 6.26 Å². The first-order chi connectivity index (χ1) is 8.78. The predicted molar refractivity (Wildman–Crippen MR) is 76.0 cm³/mol. The molecule has 2 nitrogen and oxygen atoms in total. The van der Waals surface area contributed by atoms with Crippen molar-refractivity contribution in [1.82, 2.24) is 4.98 Å². The Kier molecular flexibility index (Phi) is 2.84. The molecule has 1 aromatic carbocycles. The van der Waals surface area contributed by atoms with Crippen molar-refractivity contribution < 1.29 is 4.42 Å². The minimum atomic E-state index is 0.905. The maximum atomic E-state index is 5.91. The molecule has 0 aliphatic rings. The topological polar surface area (TPSA) is 26.0 Å². The summed E-state index contributed by atoms with van der Waals surface area (Å²) in [5.74, 6) is 0.905. The van der Waals surface area contributed by atoms with Gasteiger partial charge in [-0.1, -0.05) is 11.6 Å². The monoisotopic (exact) mass is 255 g/mol. The molecule has 0 saturated carbocycles. The molecule has 0 aliphatic carbocycles.